The molecule has 11 heteroatoms. The lowest BCUT2D eigenvalue weighted by Crippen LogP contribution is -2.21. The Kier molecular flexibility index (Phi) is 11.6. The van der Waals surface area contributed by atoms with Crippen molar-refractivity contribution in [2.75, 3.05) is 24.7 Å². The highest BCUT2D eigenvalue weighted by atomic mass is 19.4. The van der Waals surface area contributed by atoms with Crippen LogP contribution in [0.15, 0.2) is 72.8 Å². The number of carbonyl (C=O) groups excluding carboxylic acids is 1. The Morgan fingerprint density at radius 2 is 1.48 bits per heavy atom. The molecule has 3 rings (SSSR count). The molecule has 0 radical (unpaired) electrons. The first kappa shape index (κ1) is 32.2. The largest absolute Gasteiger partial charge is 0.494 e. The van der Waals surface area contributed by atoms with Crippen molar-refractivity contribution < 1.29 is 41.0 Å². The van der Waals surface area contributed by atoms with Gasteiger partial charge in [0.2, 0.25) is 0 Å². The molecule has 0 unspecified atom stereocenters. The Hall–Kier alpha value is -4.28. The first-order valence-corrected chi connectivity index (χ1v) is 13.4. The molecule has 3 aromatic rings. The van der Waals surface area contributed by atoms with Crippen molar-refractivity contribution in [3.63, 3.8) is 0 Å². The molecular weight excluding hydrogens is 559 g/mol. The topological polar surface area (TPSA) is 96.8 Å². The summed E-state index contributed by atoms with van der Waals surface area (Å²) >= 11 is 0. The van der Waals surface area contributed by atoms with E-state index in [9.17, 15) is 26.7 Å². The predicted molar refractivity (Wildman–Crippen MR) is 151 cm³/mol. The zero-order valence-corrected chi connectivity index (χ0v) is 22.8. The SMILES string of the molecule is Nc1ccc(CCCCCOC(=O)/C=C/c2ccc(OC(F)(F)c3ccc(OCCCC(F)(F)F)cc3)cc2)c(N)c1. The summed E-state index contributed by atoms with van der Waals surface area (Å²) in [5.41, 5.74) is 14.1. The van der Waals surface area contributed by atoms with E-state index in [-0.39, 0.29) is 31.1 Å². The summed E-state index contributed by atoms with van der Waals surface area (Å²) in [7, 11) is 0. The standard InChI is InChI=1S/C31H33F5N2O4/c32-30(33,34)18-4-20-40-26-15-10-24(11-16-26)31(35,36)42-27-13-6-22(7-14-27)8-17-29(39)41-19-3-1-2-5-23-9-12-25(37)21-28(23)38/h6-17,21H,1-5,18-20,37-38H2/b17-8+. The maximum absolute atomic E-state index is 14.6. The molecule has 0 aliphatic carbocycles. The molecule has 0 saturated heterocycles. The minimum Gasteiger partial charge on any atom is -0.494 e. The fourth-order valence-electron chi connectivity index (χ4n) is 3.88. The van der Waals surface area contributed by atoms with Gasteiger partial charge in [0.15, 0.2) is 0 Å². The predicted octanol–water partition coefficient (Wildman–Crippen LogP) is 7.67. The number of aryl methyl sites for hydroxylation is 1. The second-order valence-electron chi connectivity index (χ2n) is 9.55. The quantitative estimate of drug-likeness (QED) is 0.0618. The Morgan fingerprint density at radius 3 is 2.14 bits per heavy atom. The lowest BCUT2D eigenvalue weighted by Gasteiger charge is -2.18. The van der Waals surface area contributed by atoms with Gasteiger partial charge in [0, 0.05) is 23.9 Å². The van der Waals surface area contributed by atoms with Crippen LogP contribution in [0, 0.1) is 0 Å². The van der Waals surface area contributed by atoms with E-state index < -0.39 is 30.2 Å². The van der Waals surface area contributed by atoms with Gasteiger partial charge >= 0.3 is 18.3 Å². The third kappa shape index (κ3) is 11.3. The number of nitrogens with two attached hydrogens (primary N) is 2. The number of hydrogen-bond acceptors (Lipinski definition) is 6. The second-order valence-corrected chi connectivity index (χ2v) is 9.55. The molecule has 42 heavy (non-hydrogen) atoms. The summed E-state index contributed by atoms with van der Waals surface area (Å²) in [4.78, 5) is 12.0. The van der Waals surface area contributed by atoms with Gasteiger partial charge in [-0.2, -0.15) is 22.0 Å². The van der Waals surface area contributed by atoms with Gasteiger partial charge in [-0.1, -0.05) is 18.2 Å². The van der Waals surface area contributed by atoms with Gasteiger partial charge in [0.25, 0.3) is 0 Å². The van der Waals surface area contributed by atoms with Crippen molar-refractivity contribution >= 4 is 23.4 Å². The highest BCUT2D eigenvalue weighted by molar-refractivity contribution is 5.87. The van der Waals surface area contributed by atoms with Crippen LogP contribution in [0.5, 0.6) is 11.5 Å². The van der Waals surface area contributed by atoms with Crippen LogP contribution in [0.3, 0.4) is 0 Å². The van der Waals surface area contributed by atoms with E-state index >= 15 is 0 Å². The van der Waals surface area contributed by atoms with Crippen LogP contribution < -0.4 is 20.9 Å². The van der Waals surface area contributed by atoms with Crippen molar-refractivity contribution in [2.24, 2.45) is 0 Å². The van der Waals surface area contributed by atoms with Crippen LogP contribution in [-0.2, 0) is 22.1 Å². The maximum atomic E-state index is 14.6. The van der Waals surface area contributed by atoms with Crippen LogP contribution >= 0.6 is 0 Å². The average molecular weight is 593 g/mol. The Balaban J connectivity index is 1.37. The number of ether oxygens (including phenoxy) is 3. The number of nitrogen functional groups attached to an aromatic ring is 2. The van der Waals surface area contributed by atoms with Crippen molar-refractivity contribution in [2.45, 2.75) is 50.8 Å². The van der Waals surface area contributed by atoms with E-state index in [0.717, 1.165) is 37.0 Å². The molecule has 0 bridgehead atoms. The zero-order chi connectivity index (χ0) is 30.6. The fraction of sp³-hybridized carbons (Fsp3) is 0.323. The van der Waals surface area contributed by atoms with Crippen LogP contribution in [0.25, 0.3) is 6.08 Å². The number of benzene rings is 3. The van der Waals surface area contributed by atoms with Gasteiger partial charge in [0.1, 0.15) is 11.5 Å². The van der Waals surface area contributed by atoms with Crippen LogP contribution in [0.4, 0.5) is 33.3 Å². The molecule has 0 spiro atoms. The summed E-state index contributed by atoms with van der Waals surface area (Å²) < 4.78 is 81.0. The molecule has 0 fully saturated rings. The molecule has 0 saturated carbocycles. The lowest BCUT2D eigenvalue weighted by molar-refractivity contribution is -0.185. The first-order chi connectivity index (χ1) is 19.9. The Labute approximate surface area is 241 Å². The summed E-state index contributed by atoms with van der Waals surface area (Å²) in [6.07, 6.45) is -3.15. The Bertz CT molecular complexity index is 1310. The van der Waals surface area contributed by atoms with Crippen LogP contribution in [0.1, 0.15) is 48.8 Å². The van der Waals surface area contributed by atoms with E-state index in [2.05, 4.69) is 0 Å². The number of halogens is 5. The molecule has 3 aromatic carbocycles. The van der Waals surface area contributed by atoms with Gasteiger partial charge in [0.05, 0.1) is 18.8 Å². The van der Waals surface area contributed by atoms with E-state index in [1.54, 1.807) is 6.07 Å². The van der Waals surface area contributed by atoms with Gasteiger partial charge in [-0.05, 0) is 97.8 Å². The number of rotatable bonds is 15. The zero-order valence-electron chi connectivity index (χ0n) is 22.8. The molecule has 0 aromatic heterocycles. The smallest absolute Gasteiger partial charge is 0.426 e. The molecule has 0 atom stereocenters. The number of unbranched alkanes of at least 4 members (excludes halogenated alkanes) is 2. The molecule has 0 aliphatic rings. The van der Waals surface area contributed by atoms with Crippen LogP contribution in [0.2, 0.25) is 0 Å². The number of esters is 1. The monoisotopic (exact) mass is 592 g/mol. The summed E-state index contributed by atoms with van der Waals surface area (Å²) in [5.74, 6) is -0.447. The minimum atomic E-state index is -4.27. The molecular formula is C31H33F5N2O4. The summed E-state index contributed by atoms with van der Waals surface area (Å²) in [6.45, 7) is 0.0833. The molecule has 0 aliphatic heterocycles. The Morgan fingerprint density at radius 1 is 0.786 bits per heavy atom. The third-order valence-corrected chi connectivity index (χ3v) is 6.11. The number of carbonyl (C=O) groups is 1. The third-order valence-electron chi connectivity index (χ3n) is 6.11. The molecule has 0 heterocycles. The highest BCUT2D eigenvalue weighted by Crippen LogP contribution is 2.33. The minimum absolute atomic E-state index is 0.104. The molecule has 226 valence electrons. The van der Waals surface area contributed by atoms with Crippen molar-refractivity contribution in [3.05, 3.63) is 89.5 Å². The van der Waals surface area contributed by atoms with E-state index in [1.807, 2.05) is 12.1 Å². The average Bonchev–Trinajstić information content (AvgIpc) is 2.93. The maximum Gasteiger partial charge on any atom is 0.426 e. The molecule has 4 N–H and O–H groups in total. The highest BCUT2D eigenvalue weighted by Gasteiger charge is 2.34. The first-order valence-electron chi connectivity index (χ1n) is 13.4. The number of hydrogen-bond donors (Lipinski definition) is 2. The number of anilines is 2. The van der Waals surface area contributed by atoms with Gasteiger partial charge in [-0.25, -0.2) is 4.79 Å². The molecule has 0 amide bonds. The van der Waals surface area contributed by atoms with Crippen molar-refractivity contribution in [1.82, 2.24) is 0 Å². The number of alkyl halides is 5. The van der Waals surface area contributed by atoms with Gasteiger partial charge < -0.3 is 25.7 Å². The molecule has 6 nitrogen and oxygen atoms in total. The van der Waals surface area contributed by atoms with E-state index in [0.29, 0.717) is 23.4 Å². The normalized spacial score (nSPS) is 11.9. The summed E-state index contributed by atoms with van der Waals surface area (Å²) in [5, 5.41) is 0. The van der Waals surface area contributed by atoms with Crippen molar-refractivity contribution in [3.8, 4) is 11.5 Å². The van der Waals surface area contributed by atoms with Gasteiger partial charge in [-0.15, -0.1) is 0 Å². The van der Waals surface area contributed by atoms with Crippen molar-refractivity contribution in [1.29, 1.82) is 0 Å². The summed E-state index contributed by atoms with van der Waals surface area (Å²) in [6, 6.07) is 15.8. The lowest BCUT2D eigenvalue weighted by atomic mass is 10.0. The van der Waals surface area contributed by atoms with Crippen LogP contribution in [-0.4, -0.2) is 25.4 Å². The second kappa shape index (κ2) is 15.1. The van der Waals surface area contributed by atoms with E-state index in [4.69, 9.17) is 25.7 Å². The fourth-order valence-corrected chi connectivity index (χ4v) is 3.88. The van der Waals surface area contributed by atoms with E-state index in [1.165, 1.54) is 48.6 Å². The van der Waals surface area contributed by atoms with Gasteiger partial charge in [-0.3, -0.25) is 0 Å².